The van der Waals surface area contributed by atoms with Crippen LogP contribution in [0, 0.1) is 0 Å². The van der Waals surface area contributed by atoms with Crippen molar-refractivity contribution in [2.45, 2.75) is 31.1 Å². The molecule has 35 heavy (non-hydrogen) atoms. The first-order valence-corrected chi connectivity index (χ1v) is 12.6. The number of morpholine rings is 1. The van der Waals surface area contributed by atoms with E-state index in [2.05, 4.69) is 22.0 Å². The van der Waals surface area contributed by atoms with Gasteiger partial charge in [-0.25, -0.2) is 5.01 Å². The molecule has 2 aromatic heterocycles. The number of methoxy groups -OCH3 is 1. The largest absolute Gasteiger partial charge is 0.497 e. The molecule has 0 aliphatic carbocycles. The van der Waals surface area contributed by atoms with Crippen LogP contribution in [0.4, 0.5) is 5.95 Å². The molecule has 1 fully saturated rings. The van der Waals surface area contributed by atoms with Gasteiger partial charge in [0.25, 0.3) is 5.91 Å². The summed E-state index contributed by atoms with van der Waals surface area (Å²) in [6.07, 6.45) is 2.19. The maximum atomic E-state index is 13.4. The second kappa shape index (κ2) is 10.5. The highest BCUT2D eigenvalue weighted by Crippen LogP contribution is 2.34. The molecule has 1 saturated heterocycles. The first-order chi connectivity index (χ1) is 17.2. The van der Waals surface area contributed by atoms with Crippen molar-refractivity contribution in [2.24, 2.45) is 5.10 Å². The third kappa shape index (κ3) is 4.92. The smallest absolute Gasteiger partial charge is 0.253 e. The quantitative estimate of drug-likeness (QED) is 0.439. The molecule has 2 aliphatic heterocycles. The van der Waals surface area contributed by atoms with E-state index >= 15 is 0 Å². The Hall–Kier alpha value is -3.31. The molecule has 2 aliphatic rings. The van der Waals surface area contributed by atoms with Crippen LogP contribution in [0.2, 0.25) is 0 Å². The minimum absolute atomic E-state index is 0.113. The average Bonchev–Trinajstić information content (AvgIpc) is 3.67. The third-order valence-corrected chi connectivity index (χ3v) is 7.04. The van der Waals surface area contributed by atoms with E-state index in [0.717, 1.165) is 41.2 Å². The number of carbonyl (C=O) groups excluding carboxylic acids is 1. The number of benzene rings is 1. The first kappa shape index (κ1) is 23.4. The van der Waals surface area contributed by atoms with Crippen LogP contribution < -0.4 is 9.64 Å². The van der Waals surface area contributed by atoms with Gasteiger partial charge in [-0.1, -0.05) is 11.8 Å². The number of furan rings is 1. The number of hydrogen-bond donors (Lipinski definition) is 0. The number of thioether (sulfide) groups is 1. The second-order valence-corrected chi connectivity index (χ2v) is 9.11. The van der Waals surface area contributed by atoms with Crippen molar-refractivity contribution in [3.8, 4) is 5.75 Å². The molecule has 3 aromatic rings. The molecule has 0 spiro atoms. The molecule has 4 heterocycles. The molecule has 0 radical (unpaired) electrons. The summed E-state index contributed by atoms with van der Waals surface area (Å²) in [4.78, 5) is 15.5. The van der Waals surface area contributed by atoms with Crippen LogP contribution in [-0.2, 0) is 16.1 Å². The highest BCUT2D eigenvalue weighted by atomic mass is 32.2. The van der Waals surface area contributed by atoms with E-state index in [-0.39, 0.29) is 17.7 Å². The number of aromatic nitrogens is 3. The van der Waals surface area contributed by atoms with Gasteiger partial charge in [-0.15, -0.1) is 10.2 Å². The van der Waals surface area contributed by atoms with Gasteiger partial charge in [-0.05, 0) is 48.9 Å². The summed E-state index contributed by atoms with van der Waals surface area (Å²) >= 11 is 1.38. The molecule has 11 heteroatoms. The number of nitrogens with zero attached hydrogens (tertiary/aromatic N) is 6. The van der Waals surface area contributed by atoms with Crippen LogP contribution in [0.15, 0.2) is 57.3 Å². The Bertz CT molecular complexity index is 1170. The number of anilines is 1. The fourth-order valence-corrected chi connectivity index (χ4v) is 5.10. The van der Waals surface area contributed by atoms with Crippen LogP contribution in [0.25, 0.3) is 0 Å². The predicted octanol–water partition coefficient (Wildman–Crippen LogP) is 3.21. The number of hydrazone groups is 1. The Morgan fingerprint density at radius 1 is 1.17 bits per heavy atom. The van der Waals surface area contributed by atoms with E-state index in [9.17, 15) is 4.79 Å². The van der Waals surface area contributed by atoms with E-state index in [0.29, 0.717) is 31.9 Å². The normalized spacial score (nSPS) is 18.1. The van der Waals surface area contributed by atoms with Crippen LogP contribution in [-0.4, -0.2) is 70.6 Å². The zero-order valence-electron chi connectivity index (χ0n) is 19.8. The van der Waals surface area contributed by atoms with E-state index in [4.69, 9.17) is 19.0 Å². The van der Waals surface area contributed by atoms with Crippen molar-refractivity contribution in [2.75, 3.05) is 44.1 Å². The first-order valence-electron chi connectivity index (χ1n) is 11.6. The molecule has 0 bridgehead atoms. The Morgan fingerprint density at radius 2 is 1.97 bits per heavy atom. The zero-order chi connectivity index (χ0) is 24.2. The lowest BCUT2D eigenvalue weighted by atomic mass is 10.0. The summed E-state index contributed by atoms with van der Waals surface area (Å²) in [6, 6.07) is 11.1. The summed E-state index contributed by atoms with van der Waals surface area (Å²) in [6.45, 7) is 5.68. The SMILES string of the molecule is CCn1c(SCC(=O)N2N=C(c3ccc(OC)cc3)C[C@@H]2c2ccco2)nnc1N1CCOCC1. The summed E-state index contributed by atoms with van der Waals surface area (Å²) < 4.78 is 18.4. The van der Waals surface area contributed by atoms with Crippen LogP contribution >= 0.6 is 11.8 Å². The Kier molecular flexibility index (Phi) is 7.05. The molecule has 5 rings (SSSR count). The highest BCUT2D eigenvalue weighted by Gasteiger charge is 2.35. The number of carbonyl (C=O) groups is 1. The van der Waals surface area contributed by atoms with Crippen LogP contribution in [0.5, 0.6) is 5.75 Å². The van der Waals surface area contributed by atoms with Crippen molar-refractivity contribution in [3.05, 3.63) is 54.0 Å². The second-order valence-electron chi connectivity index (χ2n) is 8.16. The van der Waals surface area contributed by atoms with Gasteiger partial charge in [0.2, 0.25) is 5.95 Å². The van der Waals surface area contributed by atoms with Gasteiger partial charge in [0.15, 0.2) is 5.16 Å². The summed E-state index contributed by atoms with van der Waals surface area (Å²) in [5.74, 6) is 2.38. The number of amides is 1. The van der Waals surface area contributed by atoms with Gasteiger partial charge in [-0.3, -0.25) is 9.36 Å². The van der Waals surface area contributed by atoms with E-state index < -0.39 is 0 Å². The maximum absolute atomic E-state index is 13.4. The number of ether oxygens (including phenoxy) is 2. The van der Waals surface area contributed by atoms with Gasteiger partial charge in [0.05, 0.1) is 38.1 Å². The van der Waals surface area contributed by atoms with Crippen molar-refractivity contribution in [1.82, 2.24) is 19.8 Å². The van der Waals surface area contributed by atoms with Gasteiger partial charge >= 0.3 is 0 Å². The van der Waals surface area contributed by atoms with Gasteiger partial charge in [-0.2, -0.15) is 5.10 Å². The lowest BCUT2D eigenvalue weighted by Gasteiger charge is -2.27. The van der Waals surface area contributed by atoms with Crippen molar-refractivity contribution < 1.29 is 18.7 Å². The number of rotatable bonds is 8. The van der Waals surface area contributed by atoms with E-state index in [1.54, 1.807) is 18.4 Å². The molecular weight excluding hydrogens is 468 g/mol. The molecule has 1 aromatic carbocycles. The molecule has 0 unspecified atom stereocenters. The van der Waals surface area contributed by atoms with E-state index in [1.807, 2.05) is 41.0 Å². The molecular formula is C24H28N6O4S. The molecule has 1 atom stereocenters. The fraction of sp³-hybridized carbons (Fsp3) is 0.417. The Morgan fingerprint density at radius 3 is 2.66 bits per heavy atom. The van der Waals surface area contributed by atoms with Crippen molar-refractivity contribution in [3.63, 3.8) is 0 Å². The van der Waals surface area contributed by atoms with Gasteiger partial charge in [0.1, 0.15) is 17.6 Å². The van der Waals surface area contributed by atoms with Crippen LogP contribution in [0.3, 0.4) is 0 Å². The lowest BCUT2D eigenvalue weighted by Crippen LogP contribution is -2.38. The van der Waals surface area contributed by atoms with Crippen LogP contribution in [0.1, 0.15) is 30.7 Å². The standard InChI is InChI=1S/C24H28N6O4S/c1-3-29-23(28-10-13-33-14-11-28)25-26-24(29)35-16-22(31)30-20(21-5-4-12-34-21)15-19(27-30)17-6-8-18(32-2)9-7-17/h4-9,12,20H,3,10-11,13-16H2,1-2H3/t20-/m1/s1. The molecule has 0 saturated carbocycles. The Labute approximate surface area is 207 Å². The summed E-state index contributed by atoms with van der Waals surface area (Å²) in [5, 5.41) is 15.7. The summed E-state index contributed by atoms with van der Waals surface area (Å²) in [5.41, 5.74) is 1.78. The highest BCUT2D eigenvalue weighted by molar-refractivity contribution is 7.99. The Balaban J connectivity index is 1.33. The summed E-state index contributed by atoms with van der Waals surface area (Å²) in [7, 11) is 1.64. The lowest BCUT2D eigenvalue weighted by molar-refractivity contribution is -0.130. The molecule has 1 amide bonds. The predicted molar refractivity (Wildman–Crippen MR) is 132 cm³/mol. The molecule has 184 valence electrons. The fourth-order valence-electron chi connectivity index (χ4n) is 4.25. The van der Waals surface area contributed by atoms with Crippen molar-refractivity contribution in [1.29, 1.82) is 0 Å². The topological polar surface area (TPSA) is 98.2 Å². The third-order valence-electron chi connectivity index (χ3n) is 6.09. The average molecular weight is 497 g/mol. The van der Waals surface area contributed by atoms with Crippen molar-refractivity contribution >= 4 is 29.3 Å². The molecule has 10 nitrogen and oxygen atoms in total. The minimum atomic E-state index is -0.289. The zero-order valence-corrected chi connectivity index (χ0v) is 20.6. The van der Waals surface area contributed by atoms with Gasteiger partial charge in [0, 0.05) is 26.1 Å². The van der Waals surface area contributed by atoms with Gasteiger partial charge < -0.3 is 18.8 Å². The monoisotopic (exact) mass is 496 g/mol. The maximum Gasteiger partial charge on any atom is 0.253 e. The number of hydrogen-bond acceptors (Lipinski definition) is 9. The minimum Gasteiger partial charge on any atom is -0.497 e. The van der Waals surface area contributed by atoms with E-state index in [1.165, 1.54) is 11.8 Å². The molecule has 0 N–H and O–H groups in total.